The molecule has 0 unspecified atom stereocenters. The van der Waals surface area contributed by atoms with E-state index in [1.54, 1.807) is 7.11 Å². The molecule has 0 atom stereocenters. The van der Waals surface area contributed by atoms with Crippen molar-refractivity contribution in [2.24, 2.45) is 0 Å². The second-order valence-corrected chi connectivity index (χ2v) is 3.68. The first-order chi connectivity index (χ1) is 7.13. The fourth-order valence-electron chi connectivity index (χ4n) is 1.24. The quantitative estimate of drug-likeness (QED) is 0.717. The Bertz CT molecular complexity index is 313. The highest BCUT2D eigenvalue weighted by Gasteiger charge is 2.00. The van der Waals surface area contributed by atoms with Crippen LogP contribution in [0.5, 0.6) is 5.75 Å². The Labute approximate surface area is 91.0 Å². The molecule has 1 aromatic rings. The van der Waals surface area contributed by atoms with Crippen LogP contribution in [0.15, 0.2) is 18.2 Å². The molecule has 0 radical (unpaired) electrons. The molecule has 0 bridgehead atoms. The van der Waals surface area contributed by atoms with Gasteiger partial charge in [0.2, 0.25) is 0 Å². The van der Waals surface area contributed by atoms with Crippen molar-refractivity contribution < 1.29 is 4.74 Å². The van der Waals surface area contributed by atoms with Gasteiger partial charge in [0.1, 0.15) is 5.75 Å². The maximum Gasteiger partial charge on any atom is 0.121 e. The van der Waals surface area contributed by atoms with Crippen LogP contribution < -0.4 is 15.8 Å². The predicted molar refractivity (Wildman–Crippen MR) is 64.5 cm³/mol. The van der Waals surface area contributed by atoms with Crippen LogP contribution in [-0.2, 0) is 0 Å². The molecule has 1 rings (SSSR count). The van der Waals surface area contributed by atoms with E-state index in [0.29, 0.717) is 5.69 Å². The summed E-state index contributed by atoms with van der Waals surface area (Å²) < 4.78 is 5.08. The molecule has 0 spiro atoms. The average Bonchev–Trinajstić information content (AvgIpc) is 2.20. The minimum atomic E-state index is 0.716. The van der Waals surface area contributed by atoms with E-state index in [1.807, 2.05) is 32.3 Å². The van der Waals surface area contributed by atoms with Crippen molar-refractivity contribution in [3.05, 3.63) is 18.2 Å². The number of nitrogens with two attached hydrogens (primary N) is 1. The number of hydrogen-bond donors (Lipinski definition) is 2. The minimum Gasteiger partial charge on any atom is -0.497 e. The number of rotatable bonds is 5. The minimum absolute atomic E-state index is 0.716. The number of likely N-dealkylation sites (N-methyl/N-ethyl adjacent to an activating group) is 1. The molecule has 0 fully saturated rings. The monoisotopic (exact) mass is 209 g/mol. The summed E-state index contributed by atoms with van der Waals surface area (Å²) in [6.07, 6.45) is 0. The van der Waals surface area contributed by atoms with Crippen LogP contribution >= 0.6 is 0 Å². The van der Waals surface area contributed by atoms with Crippen LogP contribution in [0.4, 0.5) is 11.4 Å². The van der Waals surface area contributed by atoms with E-state index in [-0.39, 0.29) is 0 Å². The van der Waals surface area contributed by atoms with Gasteiger partial charge in [-0.15, -0.1) is 0 Å². The summed E-state index contributed by atoms with van der Waals surface area (Å²) in [7, 11) is 5.71. The number of nitrogens with zero attached hydrogens (tertiary/aromatic N) is 1. The second kappa shape index (κ2) is 5.46. The van der Waals surface area contributed by atoms with E-state index in [1.165, 1.54) is 0 Å². The lowest BCUT2D eigenvalue weighted by Crippen LogP contribution is -2.21. The van der Waals surface area contributed by atoms with E-state index in [2.05, 4.69) is 10.2 Å². The molecule has 0 amide bonds. The molecule has 0 aliphatic carbocycles. The Morgan fingerprint density at radius 2 is 2.13 bits per heavy atom. The van der Waals surface area contributed by atoms with Gasteiger partial charge >= 0.3 is 0 Å². The molecular formula is C11H19N3O. The van der Waals surface area contributed by atoms with Gasteiger partial charge in [0.05, 0.1) is 18.5 Å². The third-order valence-corrected chi connectivity index (χ3v) is 2.13. The molecule has 0 saturated carbocycles. The Kier molecular flexibility index (Phi) is 4.24. The van der Waals surface area contributed by atoms with Gasteiger partial charge in [-0.2, -0.15) is 0 Å². The van der Waals surface area contributed by atoms with Gasteiger partial charge in [0.25, 0.3) is 0 Å². The number of nitrogens with one attached hydrogen (secondary N) is 1. The largest absolute Gasteiger partial charge is 0.497 e. The fraction of sp³-hybridized carbons (Fsp3) is 0.455. The van der Waals surface area contributed by atoms with Crippen LogP contribution in [0.3, 0.4) is 0 Å². The van der Waals surface area contributed by atoms with Gasteiger partial charge in [-0.3, -0.25) is 0 Å². The molecule has 4 nitrogen and oxygen atoms in total. The Morgan fingerprint density at radius 3 is 2.67 bits per heavy atom. The summed E-state index contributed by atoms with van der Waals surface area (Å²) in [6.45, 7) is 1.86. The zero-order chi connectivity index (χ0) is 11.3. The maximum absolute atomic E-state index is 5.86. The Morgan fingerprint density at radius 1 is 1.40 bits per heavy atom. The van der Waals surface area contributed by atoms with E-state index in [4.69, 9.17) is 10.5 Å². The first-order valence-electron chi connectivity index (χ1n) is 4.95. The van der Waals surface area contributed by atoms with Crippen molar-refractivity contribution in [1.82, 2.24) is 4.90 Å². The molecule has 0 aliphatic heterocycles. The number of benzene rings is 1. The predicted octanol–water partition coefficient (Wildman–Crippen LogP) is 1.25. The molecule has 0 saturated heterocycles. The van der Waals surface area contributed by atoms with Crippen molar-refractivity contribution in [2.75, 3.05) is 45.3 Å². The molecule has 0 aromatic heterocycles. The van der Waals surface area contributed by atoms with E-state index < -0.39 is 0 Å². The summed E-state index contributed by atoms with van der Waals surface area (Å²) >= 11 is 0. The van der Waals surface area contributed by atoms with E-state index >= 15 is 0 Å². The molecule has 15 heavy (non-hydrogen) atoms. The second-order valence-electron chi connectivity index (χ2n) is 3.68. The summed E-state index contributed by atoms with van der Waals surface area (Å²) in [5.41, 5.74) is 7.53. The van der Waals surface area contributed by atoms with Gasteiger partial charge in [-0.1, -0.05) is 0 Å². The topological polar surface area (TPSA) is 50.5 Å². The summed E-state index contributed by atoms with van der Waals surface area (Å²) in [5, 5.41) is 3.27. The van der Waals surface area contributed by atoms with Gasteiger partial charge < -0.3 is 20.7 Å². The highest BCUT2D eigenvalue weighted by Crippen LogP contribution is 2.23. The normalized spacial score (nSPS) is 10.4. The van der Waals surface area contributed by atoms with Crippen LogP contribution in [-0.4, -0.2) is 39.2 Å². The number of nitrogen functional groups attached to an aromatic ring is 1. The zero-order valence-electron chi connectivity index (χ0n) is 9.58. The molecule has 3 N–H and O–H groups in total. The zero-order valence-corrected chi connectivity index (χ0v) is 9.58. The SMILES string of the molecule is COc1ccc(NCCN(C)C)c(N)c1. The van der Waals surface area contributed by atoms with Gasteiger partial charge in [0, 0.05) is 19.2 Å². The lowest BCUT2D eigenvalue weighted by atomic mass is 10.2. The van der Waals surface area contributed by atoms with Gasteiger partial charge in [0.15, 0.2) is 0 Å². The molecule has 4 heteroatoms. The number of anilines is 2. The molecule has 0 heterocycles. The van der Waals surface area contributed by atoms with Crippen molar-refractivity contribution in [2.45, 2.75) is 0 Å². The Balaban J connectivity index is 2.54. The van der Waals surface area contributed by atoms with Crippen LogP contribution in [0.2, 0.25) is 0 Å². The van der Waals surface area contributed by atoms with Crippen molar-refractivity contribution in [1.29, 1.82) is 0 Å². The van der Waals surface area contributed by atoms with Crippen LogP contribution in [0.25, 0.3) is 0 Å². The Hall–Kier alpha value is -1.42. The van der Waals surface area contributed by atoms with E-state index in [9.17, 15) is 0 Å². The summed E-state index contributed by atoms with van der Waals surface area (Å²) in [6, 6.07) is 5.65. The lowest BCUT2D eigenvalue weighted by molar-refractivity contribution is 0.415. The van der Waals surface area contributed by atoms with Gasteiger partial charge in [-0.05, 0) is 26.2 Å². The average molecular weight is 209 g/mol. The van der Waals surface area contributed by atoms with Crippen molar-refractivity contribution >= 4 is 11.4 Å². The molecule has 0 aliphatic rings. The van der Waals surface area contributed by atoms with Crippen molar-refractivity contribution in [3.63, 3.8) is 0 Å². The first-order valence-corrected chi connectivity index (χ1v) is 4.95. The van der Waals surface area contributed by atoms with E-state index in [0.717, 1.165) is 24.5 Å². The molecule has 84 valence electrons. The first kappa shape index (κ1) is 11.7. The fourth-order valence-corrected chi connectivity index (χ4v) is 1.24. The highest BCUT2D eigenvalue weighted by atomic mass is 16.5. The summed E-state index contributed by atoms with van der Waals surface area (Å²) in [4.78, 5) is 2.12. The number of ether oxygens (including phenoxy) is 1. The standard InChI is InChI=1S/C11H19N3O/c1-14(2)7-6-13-11-5-4-9(15-3)8-10(11)12/h4-5,8,13H,6-7,12H2,1-3H3. The molecular weight excluding hydrogens is 190 g/mol. The smallest absolute Gasteiger partial charge is 0.121 e. The summed E-state index contributed by atoms with van der Waals surface area (Å²) in [5.74, 6) is 0.783. The van der Waals surface area contributed by atoms with Crippen LogP contribution in [0.1, 0.15) is 0 Å². The van der Waals surface area contributed by atoms with Gasteiger partial charge in [-0.25, -0.2) is 0 Å². The maximum atomic E-state index is 5.86. The lowest BCUT2D eigenvalue weighted by Gasteiger charge is -2.13. The number of hydrogen-bond acceptors (Lipinski definition) is 4. The molecule has 1 aromatic carbocycles. The third-order valence-electron chi connectivity index (χ3n) is 2.13. The third kappa shape index (κ3) is 3.67. The van der Waals surface area contributed by atoms with Crippen LogP contribution in [0, 0.1) is 0 Å². The highest BCUT2D eigenvalue weighted by molar-refractivity contribution is 5.68. The number of methoxy groups -OCH3 is 1. The van der Waals surface area contributed by atoms with Crippen molar-refractivity contribution in [3.8, 4) is 5.75 Å².